The second-order valence-corrected chi connectivity index (χ2v) is 5.61. The Morgan fingerprint density at radius 2 is 2.29 bits per heavy atom. The van der Waals surface area contributed by atoms with E-state index in [4.69, 9.17) is 10.5 Å². The van der Waals surface area contributed by atoms with E-state index in [1.54, 1.807) is 12.1 Å². The number of benzene rings is 1. The lowest BCUT2D eigenvalue weighted by Gasteiger charge is -2.36. The summed E-state index contributed by atoms with van der Waals surface area (Å²) < 4.78 is 5.53. The van der Waals surface area contributed by atoms with Gasteiger partial charge in [-0.1, -0.05) is 19.9 Å². The fourth-order valence-electron chi connectivity index (χ4n) is 2.66. The number of hydrogen-bond acceptors (Lipinski definition) is 5. The molecule has 0 saturated carbocycles. The molecule has 1 aromatic rings. The molecule has 0 aliphatic carbocycles. The van der Waals surface area contributed by atoms with E-state index in [1.807, 2.05) is 17.9 Å². The van der Waals surface area contributed by atoms with Gasteiger partial charge in [0.05, 0.1) is 11.5 Å². The minimum absolute atomic E-state index is 0.0635. The lowest BCUT2D eigenvalue weighted by Crippen LogP contribution is -2.46. The SMILES string of the molecule is CCCOc1cccc(N2CCC(N)C(C)C2)c1[N+](=O)[O-]. The van der Waals surface area contributed by atoms with E-state index in [0.717, 1.165) is 25.9 Å². The van der Waals surface area contributed by atoms with E-state index >= 15 is 0 Å². The van der Waals surface area contributed by atoms with Crippen LogP contribution in [-0.2, 0) is 0 Å². The molecule has 21 heavy (non-hydrogen) atoms. The zero-order valence-corrected chi connectivity index (χ0v) is 12.6. The maximum absolute atomic E-state index is 11.5. The Morgan fingerprint density at radius 3 is 2.90 bits per heavy atom. The summed E-state index contributed by atoms with van der Waals surface area (Å²) in [7, 11) is 0. The molecular weight excluding hydrogens is 270 g/mol. The predicted octanol–water partition coefficient (Wildman–Crippen LogP) is 2.56. The molecule has 2 unspecified atom stereocenters. The minimum Gasteiger partial charge on any atom is -0.487 e. The Morgan fingerprint density at radius 1 is 1.52 bits per heavy atom. The number of hydrogen-bond donors (Lipinski definition) is 1. The zero-order valence-electron chi connectivity index (χ0n) is 12.6. The van der Waals surface area contributed by atoms with Gasteiger partial charge in [0.1, 0.15) is 5.69 Å². The average molecular weight is 293 g/mol. The Labute approximate surface area is 125 Å². The van der Waals surface area contributed by atoms with Gasteiger partial charge >= 0.3 is 5.69 Å². The van der Waals surface area contributed by atoms with Crippen molar-refractivity contribution in [1.29, 1.82) is 0 Å². The summed E-state index contributed by atoms with van der Waals surface area (Å²) in [5.41, 5.74) is 6.72. The summed E-state index contributed by atoms with van der Waals surface area (Å²) in [4.78, 5) is 13.2. The van der Waals surface area contributed by atoms with E-state index in [-0.39, 0.29) is 16.7 Å². The van der Waals surface area contributed by atoms with Crippen LogP contribution < -0.4 is 15.4 Å². The number of nitro benzene ring substituents is 1. The molecule has 1 aromatic carbocycles. The molecule has 1 fully saturated rings. The zero-order chi connectivity index (χ0) is 15.4. The fourth-order valence-corrected chi connectivity index (χ4v) is 2.66. The standard InChI is InChI=1S/C15H23N3O3/c1-3-9-21-14-6-4-5-13(15(14)18(19)20)17-8-7-12(16)11(2)10-17/h4-6,11-12H,3,7-10,16H2,1-2H3. The predicted molar refractivity (Wildman–Crippen MR) is 82.9 cm³/mol. The van der Waals surface area contributed by atoms with Crippen LogP contribution in [-0.4, -0.2) is 30.7 Å². The maximum Gasteiger partial charge on any atom is 0.333 e. The number of anilines is 1. The van der Waals surface area contributed by atoms with Crippen molar-refractivity contribution < 1.29 is 9.66 Å². The molecule has 116 valence electrons. The van der Waals surface area contributed by atoms with Crippen molar-refractivity contribution in [2.75, 3.05) is 24.6 Å². The molecule has 6 nitrogen and oxygen atoms in total. The summed E-state index contributed by atoms with van der Waals surface area (Å²) in [6.45, 7) is 6.01. The van der Waals surface area contributed by atoms with Crippen LogP contribution in [0.2, 0.25) is 0 Å². The Balaban J connectivity index is 2.32. The van der Waals surface area contributed by atoms with Crippen LogP contribution in [0.15, 0.2) is 18.2 Å². The van der Waals surface area contributed by atoms with Crippen LogP contribution in [0.25, 0.3) is 0 Å². The smallest absolute Gasteiger partial charge is 0.333 e. The van der Waals surface area contributed by atoms with Gasteiger partial charge in [-0.3, -0.25) is 10.1 Å². The maximum atomic E-state index is 11.5. The molecule has 2 N–H and O–H groups in total. The Kier molecular flexibility index (Phi) is 5.01. The van der Waals surface area contributed by atoms with Gasteiger partial charge in [0.25, 0.3) is 0 Å². The first-order chi connectivity index (χ1) is 10.0. The van der Waals surface area contributed by atoms with Crippen LogP contribution in [0, 0.1) is 16.0 Å². The number of nitrogens with two attached hydrogens (primary N) is 1. The first kappa shape index (κ1) is 15.6. The number of ether oxygens (including phenoxy) is 1. The van der Waals surface area contributed by atoms with Crippen molar-refractivity contribution in [3.8, 4) is 5.75 Å². The van der Waals surface area contributed by atoms with Crippen LogP contribution >= 0.6 is 0 Å². The third-order valence-electron chi connectivity index (χ3n) is 3.93. The lowest BCUT2D eigenvalue weighted by atomic mass is 9.94. The summed E-state index contributed by atoms with van der Waals surface area (Å²) in [5.74, 6) is 0.667. The normalized spacial score (nSPS) is 22.1. The highest BCUT2D eigenvalue weighted by Crippen LogP contribution is 2.38. The molecule has 1 heterocycles. The molecule has 1 aliphatic heterocycles. The monoisotopic (exact) mass is 293 g/mol. The van der Waals surface area contributed by atoms with Crippen LogP contribution in [0.4, 0.5) is 11.4 Å². The third-order valence-corrected chi connectivity index (χ3v) is 3.93. The van der Waals surface area contributed by atoms with Gasteiger partial charge in [-0.05, 0) is 30.9 Å². The molecule has 0 bridgehead atoms. The molecular formula is C15H23N3O3. The van der Waals surface area contributed by atoms with Gasteiger partial charge in [0.2, 0.25) is 0 Å². The molecule has 0 aromatic heterocycles. The third kappa shape index (κ3) is 3.44. The van der Waals surface area contributed by atoms with Gasteiger partial charge in [-0.25, -0.2) is 0 Å². The summed E-state index contributed by atoms with van der Waals surface area (Å²) in [5, 5.41) is 11.5. The molecule has 0 radical (unpaired) electrons. The van der Waals surface area contributed by atoms with Gasteiger partial charge in [-0.2, -0.15) is 0 Å². The molecule has 0 spiro atoms. The largest absolute Gasteiger partial charge is 0.487 e. The molecule has 6 heteroatoms. The topological polar surface area (TPSA) is 81.6 Å². The number of para-hydroxylation sites is 1. The van der Waals surface area contributed by atoms with Crippen molar-refractivity contribution in [2.45, 2.75) is 32.7 Å². The van der Waals surface area contributed by atoms with E-state index < -0.39 is 0 Å². The van der Waals surface area contributed by atoms with Crippen molar-refractivity contribution in [3.05, 3.63) is 28.3 Å². The van der Waals surface area contributed by atoms with Crippen molar-refractivity contribution in [2.24, 2.45) is 11.7 Å². The Bertz CT molecular complexity index is 507. The second kappa shape index (κ2) is 6.76. The first-order valence-corrected chi connectivity index (χ1v) is 7.45. The van der Waals surface area contributed by atoms with Gasteiger partial charge in [0.15, 0.2) is 5.75 Å². The molecule has 2 rings (SSSR count). The van der Waals surface area contributed by atoms with E-state index in [1.165, 1.54) is 0 Å². The first-order valence-electron chi connectivity index (χ1n) is 7.45. The van der Waals surface area contributed by atoms with Gasteiger partial charge in [0, 0.05) is 19.1 Å². The minimum atomic E-state index is -0.348. The number of nitro groups is 1. The molecule has 1 saturated heterocycles. The number of piperidine rings is 1. The van der Waals surface area contributed by atoms with E-state index in [9.17, 15) is 10.1 Å². The average Bonchev–Trinajstić information content (AvgIpc) is 2.47. The second-order valence-electron chi connectivity index (χ2n) is 5.61. The molecule has 2 atom stereocenters. The van der Waals surface area contributed by atoms with Crippen molar-refractivity contribution in [3.63, 3.8) is 0 Å². The van der Waals surface area contributed by atoms with E-state index in [0.29, 0.717) is 24.0 Å². The van der Waals surface area contributed by atoms with Crippen LogP contribution in [0.1, 0.15) is 26.7 Å². The highest BCUT2D eigenvalue weighted by atomic mass is 16.6. The lowest BCUT2D eigenvalue weighted by molar-refractivity contribution is -0.385. The molecule has 0 amide bonds. The summed E-state index contributed by atoms with van der Waals surface area (Å²) in [6, 6.07) is 5.43. The quantitative estimate of drug-likeness (QED) is 0.666. The fraction of sp³-hybridized carbons (Fsp3) is 0.600. The molecule has 1 aliphatic rings. The van der Waals surface area contributed by atoms with Crippen molar-refractivity contribution >= 4 is 11.4 Å². The van der Waals surface area contributed by atoms with Gasteiger partial charge in [-0.15, -0.1) is 0 Å². The summed E-state index contributed by atoms with van der Waals surface area (Å²) >= 11 is 0. The number of nitrogens with zero attached hydrogens (tertiary/aromatic N) is 2. The highest BCUT2D eigenvalue weighted by molar-refractivity contribution is 5.70. The van der Waals surface area contributed by atoms with Crippen LogP contribution in [0.3, 0.4) is 0 Å². The Hall–Kier alpha value is -1.82. The summed E-state index contributed by atoms with van der Waals surface area (Å²) in [6.07, 6.45) is 1.66. The number of rotatable bonds is 5. The van der Waals surface area contributed by atoms with Crippen LogP contribution in [0.5, 0.6) is 5.75 Å². The van der Waals surface area contributed by atoms with E-state index in [2.05, 4.69) is 6.92 Å². The highest BCUT2D eigenvalue weighted by Gasteiger charge is 2.29. The van der Waals surface area contributed by atoms with Crippen molar-refractivity contribution in [1.82, 2.24) is 0 Å². The van der Waals surface area contributed by atoms with Gasteiger partial charge < -0.3 is 15.4 Å².